The molecule has 2 amide bonds. The molecule has 3 aromatic rings. The number of carbonyl (C=O) groups is 2. The summed E-state index contributed by atoms with van der Waals surface area (Å²) in [7, 11) is -2.84. The van der Waals surface area contributed by atoms with Crippen LogP contribution in [0.15, 0.2) is 71.6 Å². The number of hydrogen-bond acceptors (Lipinski definition) is 4. The molecule has 0 aliphatic rings. The van der Waals surface area contributed by atoms with Gasteiger partial charge in [-0.15, -0.1) is 0 Å². The Morgan fingerprint density at radius 3 is 2.11 bits per heavy atom. The van der Waals surface area contributed by atoms with Crippen molar-refractivity contribution in [2.75, 3.05) is 17.9 Å². The summed E-state index contributed by atoms with van der Waals surface area (Å²) in [5.41, 5.74) is 0.419. The Morgan fingerprint density at radius 1 is 0.892 bits per heavy atom. The molecule has 0 saturated carbocycles. The van der Waals surface area contributed by atoms with E-state index in [0.717, 1.165) is 4.31 Å². The molecule has 0 aliphatic heterocycles. The van der Waals surface area contributed by atoms with Crippen molar-refractivity contribution in [3.8, 4) is 0 Å². The molecular formula is C25H23Cl4N3O4S. The average molecular weight is 603 g/mol. The molecule has 0 saturated heterocycles. The lowest BCUT2D eigenvalue weighted by atomic mass is 10.1. The van der Waals surface area contributed by atoms with Gasteiger partial charge in [0, 0.05) is 34.2 Å². The fourth-order valence-electron chi connectivity index (χ4n) is 3.56. The molecule has 1 atom stereocenters. The number of sulfonamides is 1. The van der Waals surface area contributed by atoms with Gasteiger partial charge in [-0.3, -0.25) is 13.9 Å². The first-order valence-corrected chi connectivity index (χ1v) is 13.9. The standard InChI is InChI=1S/C25H23Cl4N3O4S/c1-16(25(34)30-2)31(14-19-20(27)9-6-10-21(19)28)24(33)15-32(23-13-17(26)11-12-22(23)29)37(35,36)18-7-4-3-5-8-18/h3-13,16H,14-15H2,1-2H3,(H,30,34)/t16-/m1/s1. The van der Waals surface area contributed by atoms with Crippen molar-refractivity contribution in [2.45, 2.75) is 24.4 Å². The third-order valence-corrected chi connectivity index (χ3v) is 8.63. The van der Waals surface area contributed by atoms with Crippen molar-refractivity contribution in [3.05, 3.63) is 92.4 Å². The van der Waals surface area contributed by atoms with E-state index in [0.29, 0.717) is 15.6 Å². The van der Waals surface area contributed by atoms with Gasteiger partial charge in [0.2, 0.25) is 11.8 Å². The van der Waals surface area contributed by atoms with E-state index in [9.17, 15) is 18.0 Å². The van der Waals surface area contributed by atoms with Crippen LogP contribution in [0.1, 0.15) is 12.5 Å². The minimum atomic E-state index is -4.27. The molecule has 0 heterocycles. The highest BCUT2D eigenvalue weighted by atomic mass is 35.5. The fraction of sp³-hybridized carbons (Fsp3) is 0.200. The van der Waals surface area contributed by atoms with E-state index in [2.05, 4.69) is 5.32 Å². The maximum atomic E-state index is 13.8. The summed E-state index contributed by atoms with van der Waals surface area (Å²) in [6.07, 6.45) is 0. The van der Waals surface area contributed by atoms with Crippen LogP contribution in [-0.2, 0) is 26.2 Å². The van der Waals surface area contributed by atoms with Gasteiger partial charge in [0.25, 0.3) is 10.0 Å². The number of amides is 2. The molecular weight excluding hydrogens is 580 g/mol. The topological polar surface area (TPSA) is 86.8 Å². The summed E-state index contributed by atoms with van der Waals surface area (Å²) in [5, 5.41) is 3.38. The van der Waals surface area contributed by atoms with E-state index < -0.39 is 34.4 Å². The number of rotatable bonds is 9. The first-order chi connectivity index (χ1) is 17.5. The largest absolute Gasteiger partial charge is 0.357 e. The van der Waals surface area contributed by atoms with E-state index >= 15 is 0 Å². The number of nitrogens with one attached hydrogen (secondary N) is 1. The minimum absolute atomic E-state index is 0.00897. The lowest BCUT2D eigenvalue weighted by molar-refractivity contribution is -0.139. The quantitative estimate of drug-likeness (QED) is 0.342. The van der Waals surface area contributed by atoms with Crippen molar-refractivity contribution in [1.29, 1.82) is 0 Å². The molecule has 1 N–H and O–H groups in total. The second kappa shape index (κ2) is 12.4. The van der Waals surface area contributed by atoms with Crippen LogP contribution in [0, 0.1) is 0 Å². The van der Waals surface area contributed by atoms with Crippen molar-refractivity contribution in [2.24, 2.45) is 0 Å². The molecule has 3 aromatic carbocycles. The zero-order valence-corrected chi connectivity index (χ0v) is 23.6. The van der Waals surface area contributed by atoms with Crippen molar-refractivity contribution in [3.63, 3.8) is 0 Å². The normalized spacial score (nSPS) is 12.1. The van der Waals surface area contributed by atoms with E-state index in [1.165, 1.54) is 49.2 Å². The van der Waals surface area contributed by atoms with Gasteiger partial charge >= 0.3 is 0 Å². The van der Waals surface area contributed by atoms with Crippen LogP contribution in [-0.4, -0.2) is 44.8 Å². The zero-order chi connectivity index (χ0) is 27.3. The monoisotopic (exact) mass is 601 g/mol. The number of nitrogens with zero attached hydrogens (tertiary/aromatic N) is 2. The van der Waals surface area contributed by atoms with Crippen LogP contribution >= 0.6 is 46.4 Å². The zero-order valence-electron chi connectivity index (χ0n) is 19.8. The molecule has 0 unspecified atom stereocenters. The Kier molecular flexibility index (Phi) is 9.72. The lowest BCUT2D eigenvalue weighted by Crippen LogP contribution is -2.50. The third-order valence-electron chi connectivity index (χ3n) is 5.59. The molecule has 0 radical (unpaired) electrons. The van der Waals surface area contributed by atoms with Crippen molar-refractivity contribution in [1.82, 2.24) is 10.2 Å². The number of halogens is 4. The third kappa shape index (κ3) is 6.69. The van der Waals surface area contributed by atoms with Crippen LogP contribution < -0.4 is 9.62 Å². The highest BCUT2D eigenvalue weighted by Crippen LogP contribution is 2.33. The van der Waals surface area contributed by atoms with Gasteiger partial charge in [-0.1, -0.05) is 70.7 Å². The molecule has 12 heteroatoms. The Morgan fingerprint density at radius 2 is 1.51 bits per heavy atom. The van der Waals surface area contributed by atoms with Crippen LogP contribution in [0.5, 0.6) is 0 Å². The van der Waals surface area contributed by atoms with Gasteiger partial charge in [-0.2, -0.15) is 0 Å². The summed E-state index contributed by atoms with van der Waals surface area (Å²) in [4.78, 5) is 27.5. The van der Waals surface area contributed by atoms with E-state index in [4.69, 9.17) is 46.4 Å². The van der Waals surface area contributed by atoms with Crippen LogP contribution in [0.2, 0.25) is 20.1 Å². The first-order valence-electron chi connectivity index (χ1n) is 10.9. The average Bonchev–Trinajstić information content (AvgIpc) is 2.88. The van der Waals surface area contributed by atoms with Crippen LogP contribution in [0.25, 0.3) is 0 Å². The Bertz CT molecular complexity index is 1380. The fourth-order valence-corrected chi connectivity index (χ4v) is 5.95. The number of anilines is 1. The lowest BCUT2D eigenvalue weighted by Gasteiger charge is -2.32. The second-order valence-corrected chi connectivity index (χ2v) is 11.5. The highest BCUT2D eigenvalue weighted by Gasteiger charge is 2.33. The molecule has 0 bridgehead atoms. The SMILES string of the molecule is CNC(=O)[C@@H](C)N(Cc1c(Cl)cccc1Cl)C(=O)CN(c1cc(Cl)ccc1Cl)S(=O)(=O)c1ccccc1. The van der Waals surface area contributed by atoms with Gasteiger partial charge < -0.3 is 10.2 Å². The smallest absolute Gasteiger partial charge is 0.264 e. The predicted molar refractivity (Wildman–Crippen MR) is 148 cm³/mol. The van der Waals surface area contributed by atoms with Crippen molar-refractivity contribution >= 4 is 73.9 Å². The maximum absolute atomic E-state index is 13.8. The molecule has 0 spiro atoms. The number of hydrogen-bond donors (Lipinski definition) is 1. The number of carbonyl (C=O) groups excluding carboxylic acids is 2. The van der Waals surface area contributed by atoms with Gasteiger partial charge in [0.1, 0.15) is 12.6 Å². The first kappa shape index (κ1) is 29.1. The summed E-state index contributed by atoms with van der Waals surface area (Å²) in [6, 6.07) is 15.8. The van der Waals surface area contributed by atoms with Crippen LogP contribution in [0.4, 0.5) is 5.69 Å². The summed E-state index contributed by atoms with van der Waals surface area (Å²) < 4.78 is 28.3. The molecule has 0 fully saturated rings. The minimum Gasteiger partial charge on any atom is -0.357 e. The predicted octanol–water partition coefficient (Wildman–Crippen LogP) is 5.66. The Balaban J connectivity index is 2.10. The second-order valence-electron chi connectivity index (χ2n) is 7.93. The van der Waals surface area contributed by atoms with Gasteiger partial charge in [-0.05, 0) is 49.4 Å². The van der Waals surface area contributed by atoms with E-state index in [-0.39, 0.29) is 27.2 Å². The summed E-state index contributed by atoms with van der Waals surface area (Å²) in [5.74, 6) is -1.16. The van der Waals surface area contributed by atoms with Crippen LogP contribution in [0.3, 0.4) is 0 Å². The molecule has 0 aliphatic carbocycles. The van der Waals surface area contributed by atoms with Gasteiger partial charge in [0.15, 0.2) is 0 Å². The summed E-state index contributed by atoms with van der Waals surface area (Å²) in [6.45, 7) is 0.693. The maximum Gasteiger partial charge on any atom is 0.264 e. The van der Waals surface area contributed by atoms with Crippen molar-refractivity contribution < 1.29 is 18.0 Å². The molecule has 0 aromatic heterocycles. The number of benzene rings is 3. The molecule has 3 rings (SSSR count). The van der Waals surface area contributed by atoms with E-state index in [1.54, 1.807) is 36.4 Å². The van der Waals surface area contributed by atoms with Gasteiger partial charge in [-0.25, -0.2) is 8.42 Å². The van der Waals surface area contributed by atoms with E-state index in [1.807, 2.05) is 0 Å². The molecule has 7 nitrogen and oxygen atoms in total. The highest BCUT2D eigenvalue weighted by molar-refractivity contribution is 7.92. The Labute approximate surface area is 235 Å². The Hall–Kier alpha value is -2.49. The number of likely N-dealkylation sites (N-methyl/N-ethyl adjacent to an activating group) is 1. The van der Waals surface area contributed by atoms with Gasteiger partial charge in [0.05, 0.1) is 15.6 Å². The molecule has 196 valence electrons. The summed E-state index contributed by atoms with van der Waals surface area (Å²) >= 11 is 25.2. The molecule has 37 heavy (non-hydrogen) atoms.